The van der Waals surface area contributed by atoms with Crippen molar-refractivity contribution in [1.29, 1.82) is 0 Å². The Hall–Kier alpha value is -1.21. The monoisotopic (exact) mass is 273 g/mol. The van der Waals surface area contributed by atoms with Gasteiger partial charge < -0.3 is 21.1 Å². The number of rotatable bonds is 6. The van der Waals surface area contributed by atoms with Crippen molar-refractivity contribution in [1.82, 2.24) is 10.6 Å². The van der Waals surface area contributed by atoms with Crippen LogP contribution in [0.25, 0.3) is 0 Å². The molecule has 0 aromatic carbocycles. The van der Waals surface area contributed by atoms with Crippen LogP contribution in [0.4, 0.5) is 4.79 Å². The summed E-state index contributed by atoms with van der Waals surface area (Å²) < 4.78 is 4.96. The van der Waals surface area contributed by atoms with Crippen molar-refractivity contribution in [3.8, 4) is 0 Å². The van der Waals surface area contributed by atoms with Crippen LogP contribution in [-0.4, -0.2) is 42.7 Å². The number of thioether (sulfide) groups is 1. The molecule has 0 aromatic heterocycles. The maximum Gasteiger partial charge on any atom is 0.337 e. The average Bonchev–Trinajstić information content (AvgIpc) is 2.36. The fourth-order valence-electron chi connectivity index (χ4n) is 1.36. The third-order valence-electron chi connectivity index (χ3n) is 2.42. The molecule has 0 saturated carbocycles. The number of carbonyl (C=O) groups is 2. The maximum atomic E-state index is 11.7. The molecule has 1 atom stereocenters. The molecule has 0 fully saturated rings. The zero-order valence-electron chi connectivity index (χ0n) is 10.6. The van der Waals surface area contributed by atoms with Crippen molar-refractivity contribution in [3.05, 3.63) is 11.3 Å². The summed E-state index contributed by atoms with van der Waals surface area (Å²) in [7, 11) is 0. The second-order valence-corrected chi connectivity index (χ2v) is 5.27. The molecule has 1 unspecified atom stereocenters. The number of hydrogen-bond acceptors (Lipinski definition) is 5. The Kier molecular flexibility index (Phi) is 6.00. The van der Waals surface area contributed by atoms with Gasteiger partial charge in [0.15, 0.2) is 0 Å². The SMILES string of the molecule is CCOC(=O)C1=C(CSC(C)CN)NC(=O)NC1. The van der Waals surface area contributed by atoms with Crippen LogP contribution in [0.1, 0.15) is 13.8 Å². The van der Waals surface area contributed by atoms with Crippen LogP contribution in [0.5, 0.6) is 0 Å². The van der Waals surface area contributed by atoms with E-state index in [2.05, 4.69) is 10.6 Å². The van der Waals surface area contributed by atoms with Crippen LogP contribution in [0.3, 0.4) is 0 Å². The van der Waals surface area contributed by atoms with Gasteiger partial charge in [0.05, 0.1) is 18.7 Å². The normalized spacial score (nSPS) is 16.9. The molecule has 1 aliphatic rings. The van der Waals surface area contributed by atoms with E-state index in [4.69, 9.17) is 10.5 Å². The minimum atomic E-state index is -0.388. The van der Waals surface area contributed by atoms with Gasteiger partial charge in [0.2, 0.25) is 0 Å². The summed E-state index contributed by atoms with van der Waals surface area (Å²) in [6, 6.07) is -0.293. The molecule has 0 bridgehead atoms. The van der Waals surface area contributed by atoms with Gasteiger partial charge in [-0.25, -0.2) is 9.59 Å². The van der Waals surface area contributed by atoms with Gasteiger partial charge in [0.25, 0.3) is 0 Å². The minimum Gasteiger partial charge on any atom is -0.463 e. The smallest absolute Gasteiger partial charge is 0.337 e. The van der Waals surface area contributed by atoms with E-state index in [1.807, 2.05) is 6.92 Å². The lowest BCUT2D eigenvalue weighted by molar-refractivity contribution is -0.138. The number of esters is 1. The topological polar surface area (TPSA) is 93.4 Å². The third kappa shape index (κ3) is 4.23. The highest BCUT2D eigenvalue weighted by atomic mass is 32.2. The molecule has 0 spiro atoms. The van der Waals surface area contributed by atoms with Gasteiger partial charge in [-0.05, 0) is 6.92 Å². The highest BCUT2D eigenvalue weighted by Crippen LogP contribution is 2.17. The molecule has 1 aliphatic heterocycles. The molecule has 0 aromatic rings. The second-order valence-electron chi connectivity index (χ2n) is 3.84. The highest BCUT2D eigenvalue weighted by molar-refractivity contribution is 8.00. The van der Waals surface area contributed by atoms with Gasteiger partial charge in [-0.2, -0.15) is 11.8 Å². The van der Waals surface area contributed by atoms with Gasteiger partial charge in [-0.15, -0.1) is 0 Å². The molecule has 1 heterocycles. The molecule has 18 heavy (non-hydrogen) atoms. The first-order valence-electron chi connectivity index (χ1n) is 5.84. The average molecular weight is 273 g/mol. The van der Waals surface area contributed by atoms with Crippen LogP contribution in [-0.2, 0) is 9.53 Å². The van der Waals surface area contributed by atoms with E-state index in [0.29, 0.717) is 30.2 Å². The van der Waals surface area contributed by atoms with Crippen LogP contribution in [0.15, 0.2) is 11.3 Å². The molecule has 6 nitrogen and oxygen atoms in total. The molecule has 0 radical (unpaired) electrons. The maximum absolute atomic E-state index is 11.7. The lowest BCUT2D eigenvalue weighted by Crippen LogP contribution is -2.44. The van der Waals surface area contributed by atoms with Crippen molar-refractivity contribution in [2.45, 2.75) is 19.1 Å². The Morgan fingerprint density at radius 1 is 1.61 bits per heavy atom. The van der Waals surface area contributed by atoms with Gasteiger partial charge in [0.1, 0.15) is 0 Å². The van der Waals surface area contributed by atoms with Crippen LogP contribution >= 0.6 is 11.8 Å². The predicted octanol–water partition coefficient (Wildman–Crippen LogP) is 0.197. The summed E-state index contributed by atoms with van der Waals surface area (Å²) in [5.74, 6) is 0.154. The fraction of sp³-hybridized carbons (Fsp3) is 0.636. The van der Waals surface area contributed by atoms with Crippen molar-refractivity contribution >= 4 is 23.8 Å². The number of hydrogen-bond donors (Lipinski definition) is 3. The lowest BCUT2D eigenvalue weighted by atomic mass is 10.2. The molecule has 2 amide bonds. The molecular weight excluding hydrogens is 254 g/mol. The Morgan fingerprint density at radius 3 is 2.94 bits per heavy atom. The first-order chi connectivity index (χ1) is 8.58. The first-order valence-corrected chi connectivity index (χ1v) is 6.89. The largest absolute Gasteiger partial charge is 0.463 e. The molecule has 0 saturated heterocycles. The summed E-state index contributed by atoms with van der Waals surface area (Å²) in [6.07, 6.45) is 0. The summed E-state index contributed by atoms with van der Waals surface area (Å²) >= 11 is 1.59. The standard InChI is InChI=1S/C11H19N3O3S/c1-3-17-10(15)8-5-13-11(16)14-9(8)6-18-7(2)4-12/h7H,3-6,12H2,1-2H3,(H2,13,14,16). The second kappa shape index (κ2) is 7.27. The number of ether oxygens (including phenoxy) is 1. The van der Waals surface area contributed by atoms with Gasteiger partial charge in [-0.3, -0.25) is 0 Å². The van der Waals surface area contributed by atoms with Gasteiger partial charge in [-0.1, -0.05) is 6.92 Å². The summed E-state index contributed by atoms with van der Waals surface area (Å²) in [5.41, 5.74) is 6.62. The molecule has 7 heteroatoms. The number of nitrogens with two attached hydrogens (primary N) is 1. The van der Waals surface area contributed by atoms with Crippen molar-refractivity contribution in [2.24, 2.45) is 5.73 Å². The van der Waals surface area contributed by atoms with E-state index < -0.39 is 0 Å². The molecule has 102 valence electrons. The van der Waals surface area contributed by atoms with E-state index >= 15 is 0 Å². The van der Waals surface area contributed by atoms with E-state index in [1.165, 1.54) is 0 Å². The highest BCUT2D eigenvalue weighted by Gasteiger charge is 2.23. The Labute approximate surface area is 111 Å². The minimum absolute atomic E-state index is 0.206. The number of amides is 2. The molecule has 4 N–H and O–H groups in total. The van der Waals surface area contributed by atoms with Crippen LogP contribution < -0.4 is 16.4 Å². The predicted molar refractivity (Wildman–Crippen MR) is 71.2 cm³/mol. The first kappa shape index (κ1) is 14.8. The summed E-state index contributed by atoms with van der Waals surface area (Å²) in [4.78, 5) is 23.0. The quantitative estimate of drug-likeness (QED) is 0.601. The van der Waals surface area contributed by atoms with E-state index in [9.17, 15) is 9.59 Å². The van der Waals surface area contributed by atoms with E-state index in [1.54, 1.807) is 18.7 Å². The van der Waals surface area contributed by atoms with Gasteiger partial charge >= 0.3 is 12.0 Å². The summed E-state index contributed by atoms with van der Waals surface area (Å²) in [6.45, 7) is 4.82. The van der Waals surface area contributed by atoms with Crippen LogP contribution in [0.2, 0.25) is 0 Å². The fourth-order valence-corrected chi connectivity index (χ4v) is 2.20. The number of urea groups is 1. The molecular formula is C11H19N3O3S. The number of carbonyl (C=O) groups excluding carboxylic acids is 2. The zero-order valence-corrected chi connectivity index (χ0v) is 11.4. The van der Waals surface area contributed by atoms with Crippen LogP contribution in [0, 0.1) is 0 Å². The Bertz CT molecular complexity index is 357. The van der Waals surface area contributed by atoms with Crippen molar-refractivity contribution < 1.29 is 14.3 Å². The molecule has 0 aliphatic carbocycles. The van der Waals surface area contributed by atoms with Crippen molar-refractivity contribution in [2.75, 3.05) is 25.4 Å². The lowest BCUT2D eigenvalue weighted by Gasteiger charge is -2.21. The van der Waals surface area contributed by atoms with E-state index in [-0.39, 0.29) is 23.8 Å². The van der Waals surface area contributed by atoms with E-state index in [0.717, 1.165) is 0 Å². The Morgan fingerprint density at radius 2 is 2.33 bits per heavy atom. The zero-order chi connectivity index (χ0) is 13.5. The van der Waals surface area contributed by atoms with Crippen molar-refractivity contribution in [3.63, 3.8) is 0 Å². The number of nitrogens with one attached hydrogen (secondary N) is 2. The third-order valence-corrected chi connectivity index (χ3v) is 3.64. The summed E-state index contributed by atoms with van der Waals surface area (Å²) in [5, 5.41) is 5.48. The molecule has 1 rings (SSSR count). The van der Waals surface area contributed by atoms with Gasteiger partial charge in [0, 0.05) is 23.2 Å². The Balaban J connectivity index is 2.75.